The van der Waals surface area contributed by atoms with Crippen LogP contribution < -0.4 is 5.32 Å². The smallest absolute Gasteiger partial charge is 0.306 e. The number of aliphatic carboxylic acids is 1. The third-order valence-electron chi connectivity index (χ3n) is 3.44. The van der Waals surface area contributed by atoms with Gasteiger partial charge in [0.2, 0.25) is 5.91 Å². The van der Waals surface area contributed by atoms with Crippen LogP contribution in [-0.4, -0.2) is 17.0 Å². The minimum absolute atomic E-state index is 0.131. The Bertz CT molecular complexity index is 468. The Morgan fingerprint density at radius 2 is 2.00 bits per heavy atom. The molecule has 0 spiro atoms. The Kier molecular flexibility index (Phi) is 5.55. The zero-order chi connectivity index (χ0) is 14.4. The first-order valence-electron chi connectivity index (χ1n) is 6.54. The van der Waals surface area contributed by atoms with Gasteiger partial charge >= 0.3 is 5.97 Å². The minimum atomic E-state index is -0.831. The number of hydrogen-bond acceptors (Lipinski definition) is 2. The van der Waals surface area contributed by atoms with Gasteiger partial charge in [0, 0.05) is 12.1 Å². The van der Waals surface area contributed by atoms with Crippen molar-refractivity contribution >= 4 is 17.6 Å². The highest BCUT2D eigenvalue weighted by atomic mass is 16.4. The van der Waals surface area contributed by atoms with E-state index < -0.39 is 11.9 Å². The summed E-state index contributed by atoms with van der Waals surface area (Å²) in [6.45, 7) is 5.76. The predicted molar refractivity (Wildman–Crippen MR) is 75.2 cm³/mol. The number of rotatable bonds is 6. The maximum atomic E-state index is 11.8. The van der Waals surface area contributed by atoms with Gasteiger partial charge in [-0.25, -0.2) is 0 Å². The lowest BCUT2D eigenvalue weighted by atomic mass is 10.0. The summed E-state index contributed by atoms with van der Waals surface area (Å²) in [5, 5.41) is 11.8. The van der Waals surface area contributed by atoms with E-state index in [1.54, 1.807) is 0 Å². The maximum Gasteiger partial charge on any atom is 0.306 e. The van der Waals surface area contributed by atoms with E-state index in [1.807, 2.05) is 39.0 Å². The van der Waals surface area contributed by atoms with E-state index in [9.17, 15) is 9.59 Å². The summed E-state index contributed by atoms with van der Waals surface area (Å²) in [5.41, 5.74) is 2.96. The topological polar surface area (TPSA) is 66.4 Å². The minimum Gasteiger partial charge on any atom is -0.481 e. The highest BCUT2D eigenvalue weighted by Gasteiger charge is 2.16. The van der Waals surface area contributed by atoms with Crippen molar-refractivity contribution in [3.8, 4) is 0 Å². The van der Waals surface area contributed by atoms with Crippen molar-refractivity contribution in [2.45, 2.75) is 40.0 Å². The van der Waals surface area contributed by atoms with Gasteiger partial charge in [0.05, 0.1) is 5.92 Å². The summed E-state index contributed by atoms with van der Waals surface area (Å²) in [7, 11) is 0. The van der Waals surface area contributed by atoms with Crippen molar-refractivity contribution in [2.24, 2.45) is 5.92 Å². The van der Waals surface area contributed by atoms with Crippen LogP contribution in [0.15, 0.2) is 18.2 Å². The number of anilines is 1. The molecule has 0 aliphatic heterocycles. The van der Waals surface area contributed by atoms with E-state index in [1.165, 1.54) is 0 Å². The molecule has 1 aromatic carbocycles. The lowest BCUT2D eigenvalue weighted by molar-refractivity contribution is -0.142. The molecule has 1 atom stereocenters. The molecule has 19 heavy (non-hydrogen) atoms. The molecule has 1 rings (SSSR count). The summed E-state index contributed by atoms with van der Waals surface area (Å²) in [6, 6.07) is 5.74. The Morgan fingerprint density at radius 3 is 2.58 bits per heavy atom. The molecule has 104 valence electrons. The number of aryl methyl sites for hydroxylation is 1. The fourth-order valence-electron chi connectivity index (χ4n) is 1.91. The van der Waals surface area contributed by atoms with E-state index in [0.29, 0.717) is 12.8 Å². The molecule has 0 aliphatic carbocycles. The van der Waals surface area contributed by atoms with Gasteiger partial charge in [0.1, 0.15) is 0 Å². The summed E-state index contributed by atoms with van der Waals surface area (Å²) >= 11 is 0. The van der Waals surface area contributed by atoms with Gasteiger partial charge in [-0.15, -0.1) is 0 Å². The first-order valence-corrected chi connectivity index (χ1v) is 6.54. The highest BCUT2D eigenvalue weighted by molar-refractivity contribution is 5.91. The van der Waals surface area contributed by atoms with E-state index in [2.05, 4.69) is 5.32 Å². The Labute approximate surface area is 113 Å². The normalized spacial score (nSPS) is 11.9. The number of hydrogen-bond donors (Lipinski definition) is 2. The fraction of sp³-hybridized carbons (Fsp3) is 0.467. The molecule has 0 aliphatic rings. The maximum absolute atomic E-state index is 11.8. The second kappa shape index (κ2) is 6.92. The van der Waals surface area contributed by atoms with E-state index >= 15 is 0 Å². The van der Waals surface area contributed by atoms with Gasteiger partial charge < -0.3 is 10.4 Å². The molecule has 0 saturated heterocycles. The molecule has 0 radical (unpaired) electrons. The average Bonchev–Trinajstić information content (AvgIpc) is 2.35. The third-order valence-corrected chi connectivity index (χ3v) is 3.44. The SMILES string of the molecule is CCC(CCC(=O)Nc1cccc(C)c1C)C(=O)O. The van der Waals surface area contributed by atoms with E-state index in [4.69, 9.17) is 5.11 Å². The monoisotopic (exact) mass is 263 g/mol. The largest absolute Gasteiger partial charge is 0.481 e. The Hall–Kier alpha value is -1.84. The third kappa shape index (κ3) is 4.39. The van der Waals surface area contributed by atoms with E-state index in [-0.39, 0.29) is 12.3 Å². The van der Waals surface area contributed by atoms with Crippen molar-refractivity contribution in [1.29, 1.82) is 0 Å². The molecular formula is C15H21NO3. The van der Waals surface area contributed by atoms with Crippen LogP contribution in [0.5, 0.6) is 0 Å². The summed E-state index contributed by atoms with van der Waals surface area (Å²) in [5.74, 6) is -1.40. The van der Waals surface area contributed by atoms with Crippen LogP contribution in [0.4, 0.5) is 5.69 Å². The number of carbonyl (C=O) groups excluding carboxylic acids is 1. The number of carboxylic acid groups (broad SMARTS) is 1. The molecule has 2 N–H and O–H groups in total. The molecular weight excluding hydrogens is 242 g/mol. The van der Waals surface area contributed by atoms with Gasteiger partial charge in [-0.3, -0.25) is 9.59 Å². The van der Waals surface area contributed by atoms with Crippen LogP contribution in [0.3, 0.4) is 0 Å². The summed E-state index contributed by atoms with van der Waals surface area (Å²) < 4.78 is 0. The van der Waals surface area contributed by atoms with Gasteiger partial charge in [-0.2, -0.15) is 0 Å². The van der Waals surface area contributed by atoms with Crippen LogP contribution in [-0.2, 0) is 9.59 Å². The van der Waals surface area contributed by atoms with Gasteiger partial charge in [-0.05, 0) is 43.9 Å². The molecule has 1 aromatic rings. The Balaban J connectivity index is 2.56. The predicted octanol–water partition coefficient (Wildman–Crippen LogP) is 3.13. The lowest BCUT2D eigenvalue weighted by Gasteiger charge is -2.12. The molecule has 0 saturated carbocycles. The number of nitrogens with one attached hydrogen (secondary N) is 1. The number of amides is 1. The van der Waals surface area contributed by atoms with Crippen LogP contribution in [0.1, 0.15) is 37.3 Å². The van der Waals surface area contributed by atoms with Crippen LogP contribution in [0.2, 0.25) is 0 Å². The zero-order valence-electron chi connectivity index (χ0n) is 11.7. The van der Waals surface area contributed by atoms with Crippen molar-refractivity contribution < 1.29 is 14.7 Å². The molecule has 0 bridgehead atoms. The zero-order valence-corrected chi connectivity index (χ0v) is 11.7. The van der Waals surface area contributed by atoms with Crippen molar-refractivity contribution in [3.63, 3.8) is 0 Å². The lowest BCUT2D eigenvalue weighted by Crippen LogP contribution is -2.18. The Morgan fingerprint density at radius 1 is 1.32 bits per heavy atom. The quantitative estimate of drug-likeness (QED) is 0.828. The molecule has 4 nitrogen and oxygen atoms in total. The second-order valence-corrected chi connectivity index (χ2v) is 4.78. The molecule has 4 heteroatoms. The standard InChI is InChI=1S/C15H21NO3/c1-4-12(15(18)19)8-9-14(17)16-13-7-5-6-10(2)11(13)3/h5-7,12H,4,8-9H2,1-3H3,(H,16,17)(H,18,19). The van der Waals surface area contributed by atoms with Crippen molar-refractivity contribution in [2.75, 3.05) is 5.32 Å². The van der Waals surface area contributed by atoms with Crippen molar-refractivity contribution in [3.05, 3.63) is 29.3 Å². The van der Waals surface area contributed by atoms with Crippen LogP contribution in [0, 0.1) is 19.8 Å². The fourth-order valence-corrected chi connectivity index (χ4v) is 1.91. The van der Waals surface area contributed by atoms with Gasteiger partial charge in [0.15, 0.2) is 0 Å². The summed E-state index contributed by atoms with van der Waals surface area (Å²) in [4.78, 5) is 22.7. The summed E-state index contributed by atoms with van der Waals surface area (Å²) in [6.07, 6.45) is 1.16. The molecule has 0 fully saturated rings. The van der Waals surface area contributed by atoms with Crippen molar-refractivity contribution in [1.82, 2.24) is 0 Å². The first-order chi connectivity index (χ1) is 8.95. The molecule has 1 unspecified atom stereocenters. The van der Waals surface area contributed by atoms with Crippen LogP contribution in [0.25, 0.3) is 0 Å². The number of benzene rings is 1. The number of carboxylic acids is 1. The van der Waals surface area contributed by atoms with Crippen LogP contribution >= 0.6 is 0 Å². The molecule has 0 heterocycles. The van der Waals surface area contributed by atoms with Gasteiger partial charge in [0.25, 0.3) is 0 Å². The van der Waals surface area contributed by atoms with E-state index in [0.717, 1.165) is 16.8 Å². The molecule has 0 aromatic heterocycles. The number of carbonyl (C=O) groups is 2. The molecule has 1 amide bonds. The first kappa shape index (κ1) is 15.2. The highest BCUT2D eigenvalue weighted by Crippen LogP contribution is 2.19. The van der Waals surface area contributed by atoms with Gasteiger partial charge in [-0.1, -0.05) is 19.1 Å². The second-order valence-electron chi connectivity index (χ2n) is 4.78. The average molecular weight is 263 g/mol.